The molecule has 0 fully saturated rings. The number of carbonyl (C=O) groups excluding carboxylic acids is 1. The van der Waals surface area contributed by atoms with Gasteiger partial charge in [-0.1, -0.05) is 0 Å². The smallest absolute Gasteiger partial charge is 0.411 e. The van der Waals surface area contributed by atoms with Crippen LogP contribution in [-0.2, 0) is 4.74 Å². The van der Waals surface area contributed by atoms with Crippen LogP contribution in [0.25, 0.3) is 0 Å². The second-order valence-electron chi connectivity index (χ2n) is 2.99. The fraction of sp³-hybridized carbons (Fsp3) is 0.300. The molecule has 17 heavy (non-hydrogen) atoms. The van der Waals surface area contributed by atoms with Crippen molar-refractivity contribution < 1.29 is 19.2 Å². The molecule has 0 aliphatic rings. The van der Waals surface area contributed by atoms with E-state index >= 15 is 0 Å². The number of anilines is 1. The van der Waals surface area contributed by atoms with Crippen LogP contribution in [0.4, 0.5) is 16.2 Å². The number of hydrogen-bond acceptors (Lipinski definition) is 5. The van der Waals surface area contributed by atoms with Gasteiger partial charge in [0.1, 0.15) is 11.4 Å². The predicted molar refractivity (Wildman–Crippen MR) is 60.3 cm³/mol. The van der Waals surface area contributed by atoms with Crippen molar-refractivity contribution in [3.8, 4) is 5.75 Å². The lowest BCUT2D eigenvalue weighted by molar-refractivity contribution is -0.383. The average molecular weight is 240 g/mol. The van der Waals surface area contributed by atoms with E-state index in [9.17, 15) is 14.9 Å². The number of nitrogens with zero attached hydrogens (tertiary/aromatic N) is 1. The minimum atomic E-state index is -0.746. The summed E-state index contributed by atoms with van der Waals surface area (Å²) in [7, 11) is 1.43. The zero-order valence-electron chi connectivity index (χ0n) is 9.43. The molecule has 1 aromatic carbocycles. The lowest BCUT2D eigenvalue weighted by Gasteiger charge is -2.07. The van der Waals surface area contributed by atoms with E-state index in [0.29, 0.717) is 5.75 Å². The summed E-state index contributed by atoms with van der Waals surface area (Å²) >= 11 is 0. The van der Waals surface area contributed by atoms with Gasteiger partial charge in [-0.2, -0.15) is 0 Å². The van der Waals surface area contributed by atoms with E-state index in [1.54, 1.807) is 6.92 Å². The number of methoxy groups -OCH3 is 1. The number of carbonyl (C=O) groups is 1. The van der Waals surface area contributed by atoms with Crippen LogP contribution in [0.5, 0.6) is 5.75 Å². The fourth-order valence-electron chi connectivity index (χ4n) is 1.18. The van der Waals surface area contributed by atoms with Crippen molar-refractivity contribution in [3.05, 3.63) is 28.3 Å². The molecular formula is C10H12N2O5. The average Bonchev–Trinajstić information content (AvgIpc) is 2.28. The van der Waals surface area contributed by atoms with Gasteiger partial charge in [-0.05, 0) is 13.0 Å². The summed E-state index contributed by atoms with van der Waals surface area (Å²) in [6.45, 7) is 1.82. The molecule has 0 unspecified atom stereocenters. The normalized spacial score (nSPS) is 9.53. The van der Waals surface area contributed by atoms with Gasteiger partial charge >= 0.3 is 6.09 Å². The lowest BCUT2D eigenvalue weighted by Crippen LogP contribution is -2.14. The Morgan fingerprint density at radius 3 is 2.76 bits per heavy atom. The maximum absolute atomic E-state index is 11.2. The number of ether oxygens (including phenoxy) is 2. The van der Waals surface area contributed by atoms with Crippen molar-refractivity contribution in [1.29, 1.82) is 0 Å². The van der Waals surface area contributed by atoms with E-state index in [4.69, 9.17) is 4.74 Å². The minimum Gasteiger partial charge on any atom is -0.497 e. The Kier molecular flexibility index (Phi) is 4.27. The fourth-order valence-corrected chi connectivity index (χ4v) is 1.18. The maximum Gasteiger partial charge on any atom is 0.411 e. The number of benzene rings is 1. The third-order valence-corrected chi connectivity index (χ3v) is 1.91. The van der Waals surface area contributed by atoms with Crippen LogP contribution in [0.15, 0.2) is 18.2 Å². The molecule has 7 heteroatoms. The highest BCUT2D eigenvalue weighted by Gasteiger charge is 2.17. The van der Waals surface area contributed by atoms with E-state index in [-0.39, 0.29) is 18.0 Å². The summed E-state index contributed by atoms with van der Waals surface area (Å²) in [6.07, 6.45) is -0.746. The molecule has 0 heterocycles. The molecule has 0 bridgehead atoms. The van der Waals surface area contributed by atoms with Gasteiger partial charge in [-0.25, -0.2) is 4.79 Å². The summed E-state index contributed by atoms with van der Waals surface area (Å²) in [5, 5.41) is 13.0. The highest BCUT2D eigenvalue weighted by Crippen LogP contribution is 2.28. The molecule has 0 aromatic heterocycles. The van der Waals surface area contributed by atoms with Gasteiger partial charge in [0, 0.05) is 12.1 Å². The monoisotopic (exact) mass is 240 g/mol. The van der Waals surface area contributed by atoms with E-state index in [1.807, 2.05) is 0 Å². The zero-order valence-corrected chi connectivity index (χ0v) is 9.43. The quantitative estimate of drug-likeness (QED) is 0.643. The number of hydrogen-bond donors (Lipinski definition) is 1. The summed E-state index contributed by atoms with van der Waals surface area (Å²) < 4.78 is 9.56. The van der Waals surface area contributed by atoms with Gasteiger partial charge in [-0.15, -0.1) is 0 Å². The van der Waals surface area contributed by atoms with Gasteiger partial charge in [0.15, 0.2) is 0 Å². The van der Waals surface area contributed by atoms with Crippen LogP contribution in [0.3, 0.4) is 0 Å². The first-order valence-electron chi connectivity index (χ1n) is 4.84. The van der Waals surface area contributed by atoms with Gasteiger partial charge in [0.2, 0.25) is 0 Å². The minimum absolute atomic E-state index is 0.0350. The highest BCUT2D eigenvalue weighted by molar-refractivity contribution is 5.88. The summed E-state index contributed by atoms with van der Waals surface area (Å²) in [6, 6.07) is 4.05. The highest BCUT2D eigenvalue weighted by atomic mass is 16.6. The first-order valence-corrected chi connectivity index (χ1v) is 4.84. The molecule has 0 spiro atoms. The standard InChI is InChI=1S/C10H12N2O5/c1-3-17-10(13)11-8-6-7(16-2)4-5-9(8)12(14)15/h4-6H,3H2,1-2H3,(H,11,13). The van der Waals surface area contributed by atoms with E-state index in [1.165, 1.54) is 25.3 Å². The molecule has 0 radical (unpaired) electrons. The van der Waals surface area contributed by atoms with Crippen LogP contribution in [0, 0.1) is 10.1 Å². The molecule has 0 aliphatic heterocycles. The molecule has 1 aromatic rings. The van der Waals surface area contributed by atoms with Crippen molar-refractivity contribution in [2.75, 3.05) is 19.0 Å². The Labute approximate surface area is 97.5 Å². The third kappa shape index (κ3) is 3.33. The van der Waals surface area contributed by atoms with E-state index in [2.05, 4.69) is 10.1 Å². The first-order chi connectivity index (χ1) is 8.08. The van der Waals surface area contributed by atoms with Gasteiger partial charge in [-0.3, -0.25) is 15.4 Å². The number of nitro benzene ring substituents is 1. The number of rotatable bonds is 4. The van der Waals surface area contributed by atoms with Crippen LogP contribution in [-0.4, -0.2) is 24.7 Å². The molecule has 7 nitrogen and oxygen atoms in total. The topological polar surface area (TPSA) is 90.7 Å². The number of nitro groups is 1. The molecular weight excluding hydrogens is 228 g/mol. The van der Waals surface area contributed by atoms with Crippen LogP contribution in [0.2, 0.25) is 0 Å². The molecule has 0 saturated carbocycles. The van der Waals surface area contributed by atoms with Crippen LogP contribution in [0.1, 0.15) is 6.92 Å². The Hall–Kier alpha value is -2.31. The number of amides is 1. The molecule has 0 saturated heterocycles. The molecule has 1 amide bonds. The summed E-state index contributed by atoms with van der Waals surface area (Å²) in [5.41, 5.74) is -0.188. The maximum atomic E-state index is 11.2. The van der Waals surface area contributed by atoms with Crippen LogP contribution < -0.4 is 10.1 Å². The molecule has 0 aliphatic carbocycles. The molecule has 1 rings (SSSR count). The second-order valence-corrected chi connectivity index (χ2v) is 2.99. The Bertz CT molecular complexity index is 433. The van der Waals surface area contributed by atoms with Gasteiger partial charge in [0.05, 0.1) is 18.6 Å². The Morgan fingerprint density at radius 1 is 1.53 bits per heavy atom. The van der Waals surface area contributed by atoms with E-state index in [0.717, 1.165) is 0 Å². The van der Waals surface area contributed by atoms with Crippen molar-refractivity contribution in [1.82, 2.24) is 0 Å². The molecule has 1 N–H and O–H groups in total. The third-order valence-electron chi connectivity index (χ3n) is 1.91. The van der Waals surface area contributed by atoms with Gasteiger partial charge < -0.3 is 9.47 Å². The number of nitrogens with one attached hydrogen (secondary N) is 1. The SMILES string of the molecule is CCOC(=O)Nc1cc(OC)ccc1[N+](=O)[O-]. The Balaban J connectivity index is 3.00. The van der Waals surface area contributed by atoms with Crippen LogP contribution >= 0.6 is 0 Å². The van der Waals surface area contributed by atoms with Crippen molar-refractivity contribution in [2.24, 2.45) is 0 Å². The van der Waals surface area contributed by atoms with Crippen molar-refractivity contribution >= 4 is 17.5 Å². The Morgan fingerprint density at radius 2 is 2.24 bits per heavy atom. The summed E-state index contributed by atoms with van der Waals surface area (Å²) in [4.78, 5) is 21.3. The molecule has 0 atom stereocenters. The van der Waals surface area contributed by atoms with Crippen molar-refractivity contribution in [2.45, 2.75) is 6.92 Å². The lowest BCUT2D eigenvalue weighted by atomic mass is 10.2. The first kappa shape index (κ1) is 12.8. The van der Waals surface area contributed by atoms with Crippen molar-refractivity contribution in [3.63, 3.8) is 0 Å². The van der Waals surface area contributed by atoms with E-state index < -0.39 is 11.0 Å². The zero-order chi connectivity index (χ0) is 12.8. The largest absolute Gasteiger partial charge is 0.497 e. The molecule has 92 valence electrons. The predicted octanol–water partition coefficient (Wildman–Crippen LogP) is 2.17. The van der Waals surface area contributed by atoms with Gasteiger partial charge in [0.25, 0.3) is 5.69 Å². The second kappa shape index (κ2) is 5.69. The summed E-state index contributed by atoms with van der Waals surface area (Å²) in [5.74, 6) is 0.405.